The minimum Gasteiger partial charge on any atom is -0.368 e. The number of hydrogen-bond acceptors (Lipinski definition) is 5. The van der Waals surface area contributed by atoms with E-state index in [1.165, 1.54) is 11.3 Å². The smallest absolute Gasteiger partial charge is 0.223 e. The van der Waals surface area contributed by atoms with Crippen molar-refractivity contribution in [3.8, 4) is 0 Å². The standard InChI is InChI=1S/C12H8ClIN4S/c13-6-1-2-9(8(14)5-6)16-10-7-3-4-19-11(7)18-12(15)17-10/h1-5H,(H3,15,16,17,18). The molecule has 2 heterocycles. The van der Waals surface area contributed by atoms with Crippen LogP contribution >= 0.6 is 45.5 Å². The highest BCUT2D eigenvalue weighted by molar-refractivity contribution is 14.1. The lowest BCUT2D eigenvalue weighted by Crippen LogP contribution is -2.01. The maximum absolute atomic E-state index is 5.95. The predicted molar refractivity (Wildman–Crippen MR) is 89.3 cm³/mol. The van der Waals surface area contributed by atoms with Gasteiger partial charge in [0, 0.05) is 8.59 Å². The molecular weight excluding hydrogens is 395 g/mol. The van der Waals surface area contributed by atoms with Gasteiger partial charge in [-0.2, -0.15) is 4.98 Å². The van der Waals surface area contributed by atoms with Crippen molar-refractivity contribution in [1.82, 2.24) is 9.97 Å². The summed E-state index contributed by atoms with van der Waals surface area (Å²) in [6.07, 6.45) is 0. The second kappa shape index (κ2) is 5.10. The fourth-order valence-corrected chi connectivity index (χ4v) is 3.46. The zero-order valence-electron chi connectivity index (χ0n) is 9.52. The summed E-state index contributed by atoms with van der Waals surface area (Å²) in [5, 5.41) is 6.92. The largest absolute Gasteiger partial charge is 0.368 e. The van der Waals surface area contributed by atoms with E-state index in [0.29, 0.717) is 10.8 Å². The van der Waals surface area contributed by atoms with Crippen LogP contribution in [0.15, 0.2) is 29.6 Å². The first-order valence-electron chi connectivity index (χ1n) is 5.36. The second-order valence-electron chi connectivity index (χ2n) is 3.82. The van der Waals surface area contributed by atoms with Crippen LogP contribution in [0.4, 0.5) is 17.5 Å². The van der Waals surface area contributed by atoms with Gasteiger partial charge in [0.15, 0.2) is 0 Å². The minimum absolute atomic E-state index is 0.265. The number of nitrogens with two attached hydrogens (primary N) is 1. The Hall–Kier alpha value is -1.12. The molecule has 0 saturated heterocycles. The van der Waals surface area contributed by atoms with Crippen molar-refractivity contribution >= 4 is 73.2 Å². The number of fused-ring (bicyclic) bond motifs is 1. The van der Waals surface area contributed by atoms with Gasteiger partial charge < -0.3 is 11.1 Å². The number of nitrogen functional groups attached to an aromatic ring is 1. The lowest BCUT2D eigenvalue weighted by molar-refractivity contribution is 1.24. The molecule has 0 aliphatic rings. The lowest BCUT2D eigenvalue weighted by atomic mass is 10.3. The van der Waals surface area contributed by atoms with E-state index in [4.69, 9.17) is 17.3 Å². The Morgan fingerprint density at radius 1 is 1.26 bits per heavy atom. The Labute approximate surface area is 132 Å². The SMILES string of the molecule is Nc1nc(Nc2ccc(Cl)cc2I)c2ccsc2n1. The fraction of sp³-hybridized carbons (Fsp3) is 0. The van der Waals surface area contributed by atoms with Crippen molar-refractivity contribution in [2.75, 3.05) is 11.1 Å². The first-order chi connectivity index (χ1) is 9.13. The van der Waals surface area contributed by atoms with Crippen LogP contribution in [0.25, 0.3) is 10.2 Å². The molecule has 0 bridgehead atoms. The van der Waals surface area contributed by atoms with Gasteiger partial charge in [-0.25, -0.2) is 4.98 Å². The van der Waals surface area contributed by atoms with Gasteiger partial charge in [0.2, 0.25) is 5.95 Å². The number of thiophene rings is 1. The van der Waals surface area contributed by atoms with Gasteiger partial charge in [-0.1, -0.05) is 11.6 Å². The molecule has 0 unspecified atom stereocenters. The number of nitrogens with one attached hydrogen (secondary N) is 1. The molecular formula is C12H8ClIN4S. The van der Waals surface area contributed by atoms with Crippen molar-refractivity contribution in [3.05, 3.63) is 38.2 Å². The third kappa shape index (κ3) is 2.60. The van der Waals surface area contributed by atoms with Crippen molar-refractivity contribution < 1.29 is 0 Å². The van der Waals surface area contributed by atoms with E-state index in [9.17, 15) is 0 Å². The first kappa shape index (κ1) is 12.9. The molecule has 3 aromatic rings. The molecule has 7 heteroatoms. The van der Waals surface area contributed by atoms with E-state index >= 15 is 0 Å². The van der Waals surface area contributed by atoms with Gasteiger partial charge in [0.1, 0.15) is 10.6 Å². The Balaban J connectivity index is 2.07. The molecule has 19 heavy (non-hydrogen) atoms. The van der Waals surface area contributed by atoms with Crippen LogP contribution in [0.2, 0.25) is 5.02 Å². The quantitative estimate of drug-likeness (QED) is 0.628. The molecule has 0 radical (unpaired) electrons. The summed E-state index contributed by atoms with van der Waals surface area (Å²) in [6, 6.07) is 7.62. The maximum atomic E-state index is 5.95. The van der Waals surface area contributed by atoms with E-state index < -0.39 is 0 Å². The molecule has 0 aliphatic carbocycles. The van der Waals surface area contributed by atoms with Gasteiger partial charge in [-0.15, -0.1) is 11.3 Å². The normalized spacial score (nSPS) is 10.8. The van der Waals surface area contributed by atoms with Gasteiger partial charge in [-0.3, -0.25) is 0 Å². The molecule has 4 nitrogen and oxygen atoms in total. The van der Waals surface area contributed by atoms with Crippen LogP contribution in [0.5, 0.6) is 0 Å². The van der Waals surface area contributed by atoms with E-state index in [-0.39, 0.29) is 5.95 Å². The van der Waals surface area contributed by atoms with Crippen LogP contribution in [-0.4, -0.2) is 9.97 Å². The van der Waals surface area contributed by atoms with E-state index in [1.54, 1.807) is 0 Å². The topological polar surface area (TPSA) is 63.8 Å². The Morgan fingerprint density at radius 3 is 2.89 bits per heavy atom. The summed E-state index contributed by atoms with van der Waals surface area (Å²) in [6.45, 7) is 0. The third-order valence-electron chi connectivity index (χ3n) is 2.53. The molecule has 3 rings (SSSR count). The number of aromatic nitrogens is 2. The molecule has 0 spiro atoms. The molecule has 2 aromatic heterocycles. The monoisotopic (exact) mass is 402 g/mol. The Morgan fingerprint density at radius 2 is 2.11 bits per heavy atom. The number of hydrogen-bond donors (Lipinski definition) is 2. The van der Waals surface area contributed by atoms with Gasteiger partial charge in [-0.05, 0) is 52.2 Å². The number of rotatable bonds is 2. The molecule has 1 aromatic carbocycles. The predicted octanol–water partition coefficient (Wildman–Crippen LogP) is 4.28. The van der Waals surface area contributed by atoms with Gasteiger partial charge in [0.25, 0.3) is 0 Å². The Bertz CT molecular complexity index is 759. The number of halogens is 2. The summed E-state index contributed by atoms with van der Waals surface area (Å²) >= 11 is 9.71. The average Bonchev–Trinajstić information content (AvgIpc) is 2.80. The Kier molecular flexibility index (Phi) is 3.46. The molecule has 96 valence electrons. The van der Waals surface area contributed by atoms with Crippen molar-refractivity contribution in [2.24, 2.45) is 0 Å². The molecule has 0 aliphatic heterocycles. The zero-order valence-corrected chi connectivity index (χ0v) is 13.3. The molecule has 0 amide bonds. The third-order valence-corrected chi connectivity index (χ3v) is 4.46. The molecule has 0 atom stereocenters. The van der Waals surface area contributed by atoms with Crippen molar-refractivity contribution in [3.63, 3.8) is 0 Å². The number of nitrogens with zero attached hydrogens (tertiary/aromatic N) is 2. The average molecular weight is 403 g/mol. The van der Waals surface area contributed by atoms with E-state index in [1.807, 2.05) is 29.6 Å². The van der Waals surface area contributed by atoms with Crippen LogP contribution < -0.4 is 11.1 Å². The van der Waals surface area contributed by atoms with E-state index in [2.05, 4.69) is 37.9 Å². The fourth-order valence-electron chi connectivity index (χ4n) is 1.69. The summed E-state index contributed by atoms with van der Waals surface area (Å²) in [4.78, 5) is 9.33. The second-order valence-corrected chi connectivity index (χ2v) is 6.31. The summed E-state index contributed by atoms with van der Waals surface area (Å²) in [5.74, 6) is 0.977. The first-order valence-corrected chi connectivity index (χ1v) is 7.70. The maximum Gasteiger partial charge on any atom is 0.223 e. The van der Waals surface area contributed by atoms with Crippen molar-refractivity contribution in [2.45, 2.75) is 0 Å². The number of benzene rings is 1. The van der Waals surface area contributed by atoms with Gasteiger partial charge in [0.05, 0.1) is 11.1 Å². The summed E-state index contributed by atoms with van der Waals surface area (Å²) in [7, 11) is 0. The minimum atomic E-state index is 0.265. The van der Waals surface area contributed by atoms with Crippen LogP contribution in [0.3, 0.4) is 0 Å². The van der Waals surface area contributed by atoms with Crippen molar-refractivity contribution in [1.29, 1.82) is 0 Å². The highest BCUT2D eigenvalue weighted by Gasteiger charge is 2.09. The molecule has 0 fully saturated rings. The van der Waals surface area contributed by atoms with Crippen LogP contribution in [0, 0.1) is 3.57 Å². The van der Waals surface area contributed by atoms with Crippen LogP contribution in [-0.2, 0) is 0 Å². The highest BCUT2D eigenvalue weighted by atomic mass is 127. The number of anilines is 3. The molecule has 3 N–H and O–H groups in total. The van der Waals surface area contributed by atoms with E-state index in [0.717, 1.165) is 19.5 Å². The van der Waals surface area contributed by atoms with Crippen LogP contribution in [0.1, 0.15) is 0 Å². The lowest BCUT2D eigenvalue weighted by Gasteiger charge is -2.09. The molecule has 0 saturated carbocycles. The highest BCUT2D eigenvalue weighted by Crippen LogP contribution is 2.30. The summed E-state index contributed by atoms with van der Waals surface area (Å²) < 4.78 is 1.02. The van der Waals surface area contributed by atoms with Gasteiger partial charge >= 0.3 is 0 Å². The summed E-state index contributed by atoms with van der Waals surface area (Å²) in [5.41, 5.74) is 6.66. The zero-order chi connectivity index (χ0) is 13.4.